The monoisotopic (exact) mass is 559 g/mol. The number of carbonyl (C=O) groups is 2. The van der Waals surface area contributed by atoms with Crippen LogP contribution in [0.3, 0.4) is 0 Å². The molecule has 2 aliphatic heterocycles. The van der Waals surface area contributed by atoms with Gasteiger partial charge in [0.2, 0.25) is 11.8 Å². The van der Waals surface area contributed by atoms with E-state index in [2.05, 4.69) is 15.4 Å². The molecule has 0 aliphatic carbocycles. The molecule has 2 heterocycles. The average molecular weight is 560 g/mol. The predicted molar refractivity (Wildman–Crippen MR) is 127 cm³/mol. The lowest BCUT2D eigenvalue weighted by molar-refractivity contribution is -0.275. The summed E-state index contributed by atoms with van der Waals surface area (Å²) in [6.45, 7) is 0.522. The number of aliphatic hydroxyl groups is 1. The molecule has 0 bridgehead atoms. The third kappa shape index (κ3) is 6.08. The number of anilines is 1. The molecule has 38 heavy (non-hydrogen) atoms. The van der Waals surface area contributed by atoms with Crippen LogP contribution in [0.25, 0.3) is 0 Å². The van der Waals surface area contributed by atoms with Crippen LogP contribution in [0.15, 0.2) is 41.3 Å². The van der Waals surface area contributed by atoms with Gasteiger partial charge in [-0.3, -0.25) is 14.5 Å². The van der Waals surface area contributed by atoms with Crippen LogP contribution in [0.1, 0.15) is 35.9 Å². The van der Waals surface area contributed by atoms with Crippen molar-refractivity contribution in [1.29, 1.82) is 0 Å². The van der Waals surface area contributed by atoms with Crippen molar-refractivity contribution in [1.82, 2.24) is 10.2 Å². The van der Waals surface area contributed by atoms with Gasteiger partial charge in [0.05, 0.1) is 22.6 Å². The first-order valence-electron chi connectivity index (χ1n) is 11.6. The number of nitrogens with one attached hydrogen (secondary N) is 2. The maximum absolute atomic E-state index is 14.1. The number of nitrogens with zero attached hydrogens (tertiary/aromatic N) is 1. The Morgan fingerprint density at radius 1 is 1.24 bits per heavy atom. The van der Waals surface area contributed by atoms with E-state index >= 15 is 0 Å². The van der Waals surface area contributed by atoms with Crippen LogP contribution in [-0.2, 0) is 19.4 Å². The Hall–Kier alpha value is -3.23. The number of fused-ring (bicyclic) bond motifs is 1. The Balaban J connectivity index is 1.75. The fraction of sp³-hybridized carbons (Fsp3) is 0.417. The summed E-state index contributed by atoms with van der Waals surface area (Å²) in [6.07, 6.45) is -5.47. The highest BCUT2D eigenvalue weighted by molar-refractivity contribution is 7.92. The molecule has 1 fully saturated rings. The molecular weight excluding hydrogens is 534 g/mol. The van der Waals surface area contributed by atoms with Crippen LogP contribution in [0, 0.1) is 5.82 Å². The quantitative estimate of drug-likeness (QED) is 0.445. The minimum absolute atomic E-state index is 0.0171. The van der Waals surface area contributed by atoms with Crippen LogP contribution >= 0.6 is 0 Å². The van der Waals surface area contributed by atoms with Crippen molar-refractivity contribution in [3.05, 3.63) is 53.3 Å². The van der Waals surface area contributed by atoms with Gasteiger partial charge in [0.1, 0.15) is 5.75 Å². The van der Waals surface area contributed by atoms with E-state index in [1.807, 2.05) is 0 Å². The average Bonchev–Trinajstić information content (AvgIpc) is 3.25. The maximum atomic E-state index is 14.1. The van der Waals surface area contributed by atoms with Gasteiger partial charge in [0.15, 0.2) is 21.4 Å². The van der Waals surface area contributed by atoms with Gasteiger partial charge < -0.3 is 20.5 Å². The van der Waals surface area contributed by atoms with Gasteiger partial charge in [0.25, 0.3) is 0 Å². The number of aliphatic hydroxyl groups excluding tert-OH is 1. The number of hydrogen-bond donors (Lipinski definition) is 3. The van der Waals surface area contributed by atoms with Crippen LogP contribution in [-0.4, -0.2) is 68.6 Å². The molecule has 0 saturated carbocycles. The van der Waals surface area contributed by atoms with Crippen molar-refractivity contribution >= 4 is 27.3 Å². The first kappa shape index (κ1) is 27.8. The van der Waals surface area contributed by atoms with Gasteiger partial charge in [0, 0.05) is 26.2 Å². The van der Waals surface area contributed by atoms with Crippen molar-refractivity contribution in [3.63, 3.8) is 0 Å². The van der Waals surface area contributed by atoms with E-state index in [0.717, 1.165) is 12.1 Å². The summed E-state index contributed by atoms with van der Waals surface area (Å²) in [7, 11) is -2.47. The summed E-state index contributed by atoms with van der Waals surface area (Å²) >= 11 is 0. The number of sulfone groups is 1. The second-order valence-electron chi connectivity index (χ2n) is 9.16. The van der Waals surface area contributed by atoms with Gasteiger partial charge in [-0.15, -0.1) is 13.2 Å². The summed E-state index contributed by atoms with van der Waals surface area (Å²) in [5.41, 5.74) is 0.588. The van der Waals surface area contributed by atoms with Crippen LogP contribution < -0.4 is 15.4 Å². The summed E-state index contributed by atoms with van der Waals surface area (Å²) in [5.74, 6) is -5.11. The number of β-amino-alcohol motifs (C(OH)–C–C–N with tert-alkyl or cyclic N) is 1. The van der Waals surface area contributed by atoms with Crippen molar-refractivity contribution in [3.8, 4) is 5.75 Å². The lowest BCUT2D eigenvalue weighted by atomic mass is 9.87. The fourth-order valence-electron chi connectivity index (χ4n) is 4.84. The molecule has 0 spiro atoms. The zero-order valence-electron chi connectivity index (χ0n) is 20.1. The summed E-state index contributed by atoms with van der Waals surface area (Å²) < 4.78 is 81.3. The van der Waals surface area contributed by atoms with Gasteiger partial charge in [-0.2, -0.15) is 0 Å². The minimum Gasteiger partial charge on any atom is -0.403 e. The molecular formula is C24H25F4N3O6S. The van der Waals surface area contributed by atoms with Crippen molar-refractivity contribution < 1.29 is 45.4 Å². The Labute approximate surface area is 215 Å². The van der Waals surface area contributed by atoms with Crippen LogP contribution in [0.2, 0.25) is 0 Å². The molecule has 206 valence electrons. The SMILES string of the molecule is CNC(=O)C(CC(c1ccc(F)c(OC(F)(F)F)c1)N1CC[C@H](O)C1)c1ccc2c(c1)NC(=O)CS2(=O)=O. The third-order valence-electron chi connectivity index (χ3n) is 6.56. The Kier molecular flexibility index (Phi) is 7.68. The van der Waals surface area contributed by atoms with Gasteiger partial charge in [-0.1, -0.05) is 12.1 Å². The van der Waals surface area contributed by atoms with E-state index in [-0.39, 0.29) is 29.1 Å². The first-order chi connectivity index (χ1) is 17.8. The maximum Gasteiger partial charge on any atom is 0.573 e. The number of halogens is 4. The lowest BCUT2D eigenvalue weighted by Crippen LogP contribution is -2.34. The number of hydrogen-bond acceptors (Lipinski definition) is 7. The Morgan fingerprint density at radius 2 is 1.95 bits per heavy atom. The Bertz CT molecular complexity index is 1350. The number of carbonyl (C=O) groups excluding carboxylic acids is 2. The third-order valence-corrected chi connectivity index (χ3v) is 8.23. The summed E-state index contributed by atoms with van der Waals surface area (Å²) in [6, 6.07) is 6.39. The zero-order chi connectivity index (χ0) is 27.8. The molecule has 2 unspecified atom stereocenters. The van der Waals surface area contributed by atoms with Crippen molar-refractivity contribution in [2.45, 2.75) is 42.2 Å². The molecule has 2 amide bonds. The molecule has 1 saturated heterocycles. The highest BCUT2D eigenvalue weighted by Gasteiger charge is 2.36. The largest absolute Gasteiger partial charge is 0.573 e. The molecule has 2 aromatic rings. The smallest absolute Gasteiger partial charge is 0.403 e. The molecule has 0 radical (unpaired) electrons. The van der Waals surface area contributed by atoms with Crippen LogP contribution in [0.4, 0.5) is 23.2 Å². The predicted octanol–water partition coefficient (Wildman–Crippen LogP) is 2.48. The van der Waals surface area contributed by atoms with Crippen LogP contribution in [0.5, 0.6) is 5.75 Å². The number of likely N-dealkylation sites (tertiary alicyclic amines) is 1. The number of alkyl halides is 3. The van der Waals surface area contributed by atoms with Gasteiger partial charge in [-0.25, -0.2) is 12.8 Å². The number of ether oxygens (including phenoxy) is 1. The van der Waals surface area contributed by atoms with Gasteiger partial charge >= 0.3 is 6.36 Å². The van der Waals surface area contributed by atoms with E-state index in [1.165, 1.54) is 31.3 Å². The molecule has 2 aromatic carbocycles. The molecule has 4 rings (SSSR count). The van der Waals surface area contributed by atoms with E-state index in [9.17, 15) is 40.7 Å². The minimum atomic E-state index is -5.13. The normalized spacial score (nSPS) is 20.8. The van der Waals surface area contributed by atoms with Crippen molar-refractivity contribution in [2.24, 2.45) is 0 Å². The molecule has 0 aromatic heterocycles. The van der Waals surface area contributed by atoms with E-state index < -0.39 is 63.4 Å². The standard InChI is InChI=1S/C24H25F4N3O6S/c1-29-23(34)16(13-3-5-21-18(8-13)30-22(33)12-38(21,35)36)10-19(31-7-6-15(32)11-31)14-2-4-17(25)20(9-14)37-24(26,27)28/h2-5,8-9,15-16,19,32H,6-7,10-12H2,1H3,(H,29,34)(H,30,33)/t15-,16?,19?/m0/s1. The molecule has 14 heteroatoms. The number of benzene rings is 2. The fourth-order valence-corrected chi connectivity index (χ4v) is 6.13. The molecule has 3 N–H and O–H groups in total. The first-order valence-corrected chi connectivity index (χ1v) is 13.3. The number of likely N-dealkylation sites (N-methyl/N-ethyl adjacent to an activating group) is 1. The summed E-state index contributed by atoms with van der Waals surface area (Å²) in [5, 5.41) is 15.1. The zero-order valence-corrected chi connectivity index (χ0v) is 20.9. The molecule has 9 nitrogen and oxygen atoms in total. The summed E-state index contributed by atoms with van der Waals surface area (Å²) in [4.78, 5) is 26.6. The highest BCUT2D eigenvalue weighted by Crippen LogP contribution is 2.39. The van der Waals surface area contributed by atoms with Crippen molar-refractivity contribution in [2.75, 3.05) is 31.2 Å². The molecule has 2 aliphatic rings. The molecule has 3 atom stereocenters. The second kappa shape index (κ2) is 10.5. The number of rotatable bonds is 7. The van der Waals surface area contributed by atoms with E-state index in [1.54, 1.807) is 4.90 Å². The van der Waals surface area contributed by atoms with E-state index in [0.29, 0.717) is 18.5 Å². The second-order valence-corrected chi connectivity index (χ2v) is 11.1. The Morgan fingerprint density at radius 3 is 2.58 bits per heavy atom. The lowest BCUT2D eigenvalue weighted by Gasteiger charge is -2.32. The van der Waals surface area contributed by atoms with E-state index in [4.69, 9.17) is 0 Å². The number of amides is 2. The highest BCUT2D eigenvalue weighted by atomic mass is 32.2. The topological polar surface area (TPSA) is 125 Å². The van der Waals surface area contributed by atoms with Gasteiger partial charge in [-0.05, 0) is 48.2 Å².